The largest absolute Gasteiger partial charge is 0.506 e. The Kier molecular flexibility index (Phi) is 6.30. The summed E-state index contributed by atoms with van der Waals surface area (Å²) in [7, 11) is 0. The third-order valence-electron chi connectivity index (χ3n) is 5.28. The summed E-state index contributed by atoms with van der Waals surface area (Å²) < 4.78 is 5.98. The summed E-state index contributed by atoms with van der Waals surface area (Å²) >= 11 is 7.82. The molecular weight excluding hydrogens is 448 g/mol. The normalized spacial score (nSPS) is 12.1. The summed E-state index contributed by atoms with van der Waals surface area (Å²) in [5, 5.41) is 20.7. The molecule has 1 atom stereocenters. The summed E-state index contributed by atoms with van der Waals surface area (Å²) in [5.41, 5.74) is 3.25. The third kappa shape index (κ3) is 4.13. The monoisotopic (exact) mass is 468 g/mol. The Labute approximate surface area is 194 Å². The molecule has 0 unspecified atom stereocenters. The van der Waals surface area contributed by atoms with Crippen LogP contribution in [-0.2, 0) is 17.6 Å². The number of halogens is 1. The van der Waals surface area contributed by atoms with Gasteiger partial charge in [0.05, 0.1) is 10.4 Å². The zero-order valence-electron chi connectivity index (χ0n) is 17.5. The maximum absolute atomic E-state index is 12.0. The van der Waals surface area contributed by atoms with Crippen LogP contribution >= 0.6 is 22.9 Å². The van der Waals surface area contributed by atoms with Crippen molar-refractivity contribution in [2.75, 3.05) is 0 Å². The Morgan fingerprint density at radius 2 is 1.94 bits per heavy atom. The number of carbonyl (C=O) groups is 1. The van der Waals surface area contributed by atoms with E-state index in [0.717, 1.165) is 33.6 Å². The average molecular weight is 469 g/mol. The van der Waals surface area contributed by atoms with Crippen molar-refractivity contribution in [2.45, 2.75) is 32.8 Å². The van der Waals surface area contributed by atoms with Crippen molar-refractivity contribution in [3.63, 3.8) is 0 Å². The molecule has 2 aromatic carbocycles. The quantitative estimate of drug-likeness (QED) is 0.363. The van der Waals surface area contributed by atoms with Gasteiger partial charge in [0.2, 0.25) is 12.0 Å². The number of phenols is 1. The van der Waals surface area contributed by atoms with Crippen LogP contribution in [0.25, 0.3) is 21.3 Å². The lowest BCUT2D eigenvalue weighted by molar-refractivity contribution is -0.145. The van der Waals surface area contributed by atoms with Gasteiger partial charge in [-0.3, -0.25) is 0 Å². The Morgan fingerprint density at radius 1 is 1.19 bits per heavy atom. The third-order valence-corrected chi connectivity index (χ3v) is 7.00. The fraction of sp³-hybridized carbons (Fsp3) is 0.208. The molecule has 0 radical (unpaired) electrons. The van der Waals surface area contributed by atoms with Crippen molar-refractivity contribution in [1.82, 2.24) is 9.97 Å². The average Bonchev–Trinajstić information content (AvgIpc) is 3.17. The number of phenolic OH excluding ortho intramolecular Hbond substituents is 1. The lowest BCUT2D eigenvalue weighted by atomic mass is 9.97. The van der Waals surface area contributed by atoms with Gasteiger partial charge >= 0.3 is 5.97 Å². The van der Waals surface area contributed by atoms with E-state index >= 15 is 0 Å². The molecule has 0 fully saturated rings. The summed E-state index contributed by atoms with van der Waals surface area (Å²) in [6.07, 6.45) is 1.21. The molecule has 0 bridgehead atoms. The molecule has 0 saturated carbocycles. The summed E-state index contributed by atoms with van der Waals surface area (Å²) in [6, 6.07) is 12.7. The number of benzene rings is 2. The fourth-order valence-electron chi connectivity index (χ4n) is 3.66. The molecule has 0 amide bonds. The Balaban J connectivity index is 1.85. The van der Waals surface area contributed by atoms with Crippen LogP contribution in [-0.4, -0.2) is 32.3 Å². The SMILES string of the molecule is CCc1sc2ncnc(O[C@H](Cc3ccccc3)C(=O)O)c2c1-c1ccc(O)c(Cl)c1C. The second-order valence-corrected chi connectivity index (χ2v) is 8.78. The van der Waals surface area contributed by atoms with E-state index < -0.39 is 12.1 Å². The van der Waals surface area contributed by atoms with E-state index in [9.17, 15) is 15.0 Å². The lowest BCUT2D eigenvalue weighted by Crippen LogP contribution is -2.29. The van der Waals surface area contributed by atoms with E-state index in [4.69, 9.17) is 16.3 Å². The van der Waals surface area contributed by atoms with Crippen LogP contribution in [0.15, 0.2) is 48.8 Å². The zero-order chi connectivity index (χ0) is 22.8. The molecular formula is C24H21ClN2O4S. The molecule has 4 rings (SSSR count). The van der Waals surface area contributed by atoms with Gasteiger partial charge in [0, 0.05) is 16.9 Å². The highest BCUT2D eigenvalue weighted by molar-refractivity contribution is 7.19. The molecule has 0 aliphatic carbocycles. The molecule has 2 heterocycles. The number of rotatable bonds is 7. The van der Waals surface area contributed by atoms with Gasteiger partial charge in [-0.1, -0.05) is 54.9 Å². The van der Waals surface area contributed by atoms with Gasteiger partial charge < -0.3 is 14.9 Å². The van der Waals surface area contributed by atoms with Crippen LogP contribution in [0.4, 0.5) is 0 Å². The summed E-state index contributed by atoms with van der Waals surface area (Å²) in [4.78, 5) is 22.4. The maximum Gasteiger partial charge on any atom is 0.345 e. The van der Waals surface area contributed by atoms with E-state index in [1.165, 1.54) is 17.7 Å². The molecule has 2 aromatic heterocycles. The molecule has 0 aliphatic heterocycles. The highest BCUT2D eigenvalue weighted by Crippen LogP contribution is 2.45. The predicted molar refractivity (Wildman–Crippen MR) is 126 cm³/mol. The number of ether oxygens (including phenoxy) is 1. The van der Waals surface area contributed by atoms with Crippen LogP contribution in [0.5, 0.6) is 11.6 Å². The molecule has 2 N–H and O–H groups in total. The maximum atomic E-state index is 12.0. The summed E-state index contributed by atoms with van der Waals surface area (Å²) in [5.74, 6) is -0.850. The first-order chi connectivity index (χ1) is 15.4. The van der Waals surface area contributed by atoms with E-state index in [2.05, 4.69) is 9.97 Å². The first kappa shape index (κ1) is 22.0. The smallest absolute Gasteiger partial charge is 0.345 e. The van der Waals surface area contributed by atoms with Gasteiger partial charge in [0.25, 0.3) is 0 Å². The van der Waals surface area contributed by atoms with E-state index in [-0.39, 0.29) is 23.1 Å². The molecule has 4 aromatic rings. The van der Waals surface area contributed by atoms with Crippen molar-refractivity contribution >= 4 is 39.1 Å². The minimum absolute atomic E-state index is 0.00651. The first-order valence-electron chi connectivity index (χ1n) is 10.1. The number of aromatic hydroxyl groups is 1. The molecule has 164 valence electrons. The van der Waals surface area contributed by atoms with Gasteiger partial charge in [-0.05, 0) is 36.1 Å². The highest BCUT2D eigenvalue weighted by atomic mass is 35.5. The standard InChI is InChI=1S/C24H21ClN2O4S/c1-3-18-19(15-9-10-16(28)21(25)13(15)2)20-22(26-12-27-23(20)32-18)31-17(24(29)30)11-14-7-5-4-6-8-14/h4-10,12,17,28H,3,11H2,1-2H3,(H,29,30)/t17-/m1/s1. The number of hydrogen-bond acceptors (Lipinski definition) is 6. The molecule has 32 heavy (non-hydrogen) atoms. The topological polar surface area (TPSA) is 92.5 Å². The van der Waals surface area contributed by atoms with Crippen molar-refractivity contribution in [3.8, 4) is 22.8 Å². The van der Waals surface area contributed by atoms with Crippen LogP contribution in [0, 0.1) is 6.92 Å². The van der Waals surface area contributed by atoms with Crippen LogP contribution in [0.1, 0.15) is 22.9 Å². The van der Waals surface area contributed by atoms with Gasteiger partial charge in [0.15, 0.2) is 0 Å². The molecule has 0 saturated heterocycles. The minimum atomic E-state index is -1.11. The van der Waals surface area contributed by atoms with Gasteiger partial charge in [0.1, 0.15) is 16.9 Å². The minimum Gasteiger partial charge on any atom is -0.506 e. The molecule has 8 heteroatoms. The number of hydrogen-bond donors (Lipinski definition) is 2. The summed E-state index contributed by atoms with van der Waals surface area (Å²) in [6.45, 7) is 3.87. The van der Waals surface area contributed by atoms with Crippen molar-refractivity contribution in [2.24, 2.45) is 0 Å². The Bertz CT molecular complexity index is 1290. The number of fused-ring (bicyclic) bond motifs is 1. The second-order valence-electron chi connectivity index (χ2n) is 7.32. The van der Waals surface area contributed by atoms with E-state index in [1.807, 2.05) is 44.2 Å². The Morgan fingerprint density at radius 3 is 2.62 bits per heavy atom. The van der Waals surface area contributed by atoms with Crippen LogP contribution in [0.3, 0.4) is 0 Å². The van der Waals surface area contributed by atoms with Crippen molar-refractivity contribution in [1.29, 1.82) is 0 Å². The van der Waals surface area contributed by atoms with E-state index in [1.54, 1.807) is 12.1 Å². The van der Waals surface area contributed by atoms with E-state index in [0.29, 0.717) is 10.2 Å². The van der Waals surface area contributed by atoms with Crippen molar-refractivity contribution in [3.05, 3.63) is 69.8 Å². The number of nitrogens with zero attached hydrogens (tertiary/aromatic N) is 2. The number of aliphatic carboxylic acids is 1. The second kappa shape index (κ2) is 9.14. The zero-order valence-corrected chi connectivity index (χ0v) is 19.1. The predicted octanol–water partition coefficient (Wildman–Crippen LogP) is 5.66. The van der Waals surface area contributed by atoms with Gasteiger partial charge in [-0.25, -0.2) is 14.8 Å². The van der Waals surface area contributed by atoms with Crippen molar-refractivity contribution < 1.29 is 19.7 Å². The first-order valence-corrected chi connectivity index (χ1v) is 11.3. The number of carboxylic acid groups (broad SMARTS) is 1. The van der Waals surface area contributed by atoms with Gasteiger partial charge in [-0.2, -0.15) is 0 Å². The van der Waals surface area contributed by atoms with Crippen LogP contribution < -0.4 is 4.74 Å². The fourth-order valence-corrected chi connectivity index (χ4v) is 4.91. The number of aromatic nitrogens is 2. The number of thiophene rings is 1. The highest BCUT2D eigenvalue weighted by Gasteiger charge is 2.26. The molecule has 6 nitrogen and oxygen atoms in total. The number of aryl methyl sites for hydroxylation is 1. The molecule has 0 aliphatic rings. The Hall–Kier alpha value is -3.16. The van der Waals surface area contributed by atoms with Crippen LogP contribution in [0.2, 0.25) is 5.02 Å². The number of carboxylic acids is 1. The van der Waals surface area contributed by atoms with Gasteiger partial charge in [-0.15, -0.1) is 11.3 Å². The lowest BCUT2D eigenvalue weighted by Gasteiger charge is -2.16. The molecule has 0 spiro atoms.